The number of ketones is 1. The zero-order chi connectivity index (χ0) is 19.3. The molecule has 0 aliphatic heterocycles. The van der Waals surface area contributed by atoms with Gasteiger partial charge in [0.05, 0.1) is 5.39 Å². The van der Waals surface area contributed by atoms with Crippen LogP contribution in [0.4, 0.5) is 0 Å². The van der Waals surface area contributed by atoms with Gasteiger partial charge in [-0.3, -0.25) is 9.59 Å². The molecule has 0 saturated heterocycles. The number of carbonyl (C=O) groups excluding carboxylic acids is 1. The minimum Gasteiger partial charge on any atom is -0.350 e. The molecule has 2 aromatic heterocycles. The maximum Gasteiger partial charge on any atom is 0.191 e. The van der Waals surface area contributed by atoms with Gasteiger partial charge in [-0.25, -0.2) is 0 Å². The highest BCUT2D eigenvalue weighted by molar-refractivity contribution is 7.17. The lowest BCUT2D eigenvalue weighted by atomic mass is 9.81. The van der Waals surface area contributed by atoms with Crippen molar-refractivity contribution in [2.24, 2.45) is 0 Å². The summed E-state index contributed by atoms with van der Waals surface area (Å²) >= 11 is 7.50. The summed E-state index contributed by atoms with van der Waals surface area (Å²) in [6.45, 7) is 0. The molecule has 5 heteroatoms. The van der Waals surface area contributed by atoms with Crippen molar-refractivity contribution in [2.45, 2.75) is 18.8 Å². The number of Topliss-reactive ketones (excluding diaryl/α,β-unsaturated/α-hetero) is 1. The van der Waals surface area contributed by atoms with Crippen molar-refractivity contribution < 1.29 is 4.79 Å². The number of aromatic nitrogens is 1. The highest BCUT2D eigenvalue weighted by Gasteiger charge is 2.27. The summed E-state index contributed by atoms with van der Waals surface area (Å²) in [7, 11) is 0. The van der Waals surface area contributed by atoms with E-state index < -0.39 is 0 Å². The minimum absolute atomic E-state index is 0.000539. The summed E-state index contributed by atoms with van der Waals surface area (Å²) in [5, 5.41) is 3.36. The topological polar surface area (TPSA) is 49.9 Å². The first kappa shape index (κ1) is 17.4. The van der Waals surface area contributed by atoms with Gasteiger partial charge in [0.2, 0.25) is 0 Å². The Morgan fingerprint density at radius 2 is 1.75 bits per heavy atom. The first-order chi connectivity index (χ1) is 13.6. The van der Waals surface area contributed by atoms with E-state index >= 15 is 0 Å². The van der Waals surface area contributed by atoms with Crippen molar-refractivity contribution in [1.29, 1.82) is 0 Å². The Bertz CT molecular complexity index is 1270. The molecule has 2 heterocycles. The highest BCUT2D eigenvalue weighted by Crippen LogP contribution is 2.35. The average molecular weight is 406 g/mol. The van der Waals surface area contributed by atoms with Crippen LogP contribution in [0.15, 0.2) is 64.8 Å². The van der Waals surface area contributed by atoms with E-state index in [0.717, 1.165) is 39.2 Å². The van der Waals surface area contributed by atoms with Crippen molar-refractivity contribution >= 4 is 38.9 Å². The fourth-order valence-corrected chi connectivity index (χ4v) is 5.12. The lowest BCUT2D eigenvalue weighted by molar-refractivity contribution is 0.0963. The average Bonchev–Trinajstić information content (AvgIpc) is 3.13. The Morgan fingerprint density at radius 3 is 2.57 bits per heavy atom. The largest absolute Gasteiger partial charge is 0.350 e. The van der Waals surface area contributed by atoms with Crippen LogP contribution in [-0.2, 0) is 6.42 Å². The monoisotopic (exact) mass is 405 g/mol. The van der Waals surface area contributed by atoms with E-state index in [1.807, 2.05) is 53.9 Å². The van der Waals surface area contributed by atoms with E-state index in [1.165, 1.54) is 11.3 Å². The molecule has 0 fully saturated rings. The maximum absolute atomic E-state index is 13.0. The van der Waals surface area contributed by atoms with Crippen LogP contribution >= 0.6 is 22.9 Å². The fourth-order valence-electron chi connectivity index (χ4n) is 4.00. The van der Waals surface area contributed by atoms with Gasteiger partial charge < -0.3 is 4.98 Å². The number of hydrogen-bond acceptors (Lipinski definition) is 3. The van der Waals surface area contributed by atoms with Gasteiger partial charge in [-0.1, -0.05) is 48.0 Å². The predicted octanol–water partition coefficient (Wildman–Crippen LogP) is 5.82. The second-order valence-electron chi connectivity index (χ2n) is 7.13. The molecule has 3 nitrogen and oxygen atoms in total. The number of benzene rings is 2. The molecule has 1 aliphatic carbocycles. The summed E-state index contributed by atoms with van der Waals surface area (Å²) in [5.41, 5.74) is 4.57. The quantitative estimate of drug-likeness (QED) is 0.456. The number of rotatable bonds is 2. The van der Waals surface area contributed by atoms with Crippen LogP contribution in [0.3, 0.4) is 0 Å². The number of halogens is 1. The molecule has 4 aromatic rings. The number of thiophene rings is 1. The van der Waals surface area contributed by atoms with Gasteiger partial charge in [0.25, 0.3) is 0 Å². The molecule has 0 amide bonds. The molecule has 5 rings (SSSR count). The molecule has 1 N–H and O–H groups in total. The van der Waals surface area contributed by atoms with Crippen molar-refractivity contribution in [3.8, 4) is 11.1 Å². The predicted molar refractivity (Wildman–Crippen MR) is 115 cm³/mol. The van der Waals surface area contributed by atoms with Crippen molar-refractivity contribution in [1.82, 2.24) is 4.98 Å². The zero-order valence-corrected chi connectivity index (χ0v) is 16.4. The first-order valence-electron chi connectivity index (χ1n) is 9.11. The normalized spacial score (nSPS) is 16.3. The lowest BCUT2D eigenvalue weighted by Gasteiger charge is -2.23. The van der Waals surface area contributed by atoms with Gasteiger partial charge in [0, 0.05) is 45.6 Å². The van der Waals surface area contributed by atoms with Crippen molar-refractivity contribution in [3.63, 3.8) is 0 Å². The van der Waals surface area contributed by atoms with Crippen LogP contribution in [0, 0.1) is 0 Å². The molecule has 1 unspecified atom stereocenters. The molecule has 1 atom stereocenters. The fraction of sp³-hybridized carbons (Fsp3) is 0.130. The van der Waals surface area contributed by atoms with E-state index in [9.17, 15) is 9.59 Å². The van der Waals surface area contributed by atoms with Crippen LogP contribution in [0.1, 0.15) is 34.0 Å². The van der Waals surface area contributed by atoms with Crippen LogP contribution in [0.5, 0.6) is 0 Å². The summed E-state index contributed by atoms with van der Waals surface area (Å²) in [4.78, 5) is 29.8. The smallest absolute Gasteiger partial charge is 0.191 e. The number of nitrogens with one attached hydrogen (secondary N) is 1. The molecular formula is C23H16ClNO2S. The van der Waals surface area contributed by atoms with E-state index in [2.05, 4.69) is 4.98 Å². The second kappa shape index (κ2) is 6.73. The Morgan fingerprint density at radius 1 is 0.964 bits per heavy atom. The van der Waals surface area contributed by atoms with E-state index in [0.29, 0.717) is 16.8 Å². The standard InChI is InChI=1S/C23H16ClNO2S/c24-16-7-5-13(6-8-16)18-12-28-23-22(18)21(27)11-19(25-23)15-9-14-3-1-2-4-17(14)20(26)10-15/h1-8,11-12,15H,9-10H2,(H,25,27). The highest BCUT2D eigenvalue weighted by atomic mass is 35.5. The van der Waals surface area contributed by atoms with Gasteiger partial charge >= 0.3 is 0 Å². The van der Waals surface area contributed by atoms with Crippen LogP contribution in [-0.4, -0.2) is 10.8 Å². The molecule has 0 saturated carbocycles. The molecule has 28 heavy (non-hydrogen) atoms. The molecule has 1 aliphatic rings. The number of aromatic amines is 1. The molecular weight excluding hydrogens is 390 g/mol. The van der Waals surface area contributed by atoms with Crippen LogP contribution < -0.4 is 5.43 Å². The Hall–Kier alpha value is -2.69. The van der Waals surface area contributed by atoms with Crippen molar-refractivity contribution in [3.05, 3.63) is 92.0 Å². The number of pyridine rings is 1. The van der Waals surface area contributed by atoms with Crippen molar-refractivity contribution in [2.75, 3.05) is 0 Å². The minimum atomic E-state index is -0.0127. The molecule has 138 valence electrons. The summed E-state index contributed by atoms with van der Waals surface area (Å²) in [6.07, 6.45) is 1.19. The third-order valence-electron chi connectivity index (χ3n) is 5.39. The SMILES string of the molecule is O=C1CC(c2cc(=O)c3c(-c4ccc(Cl)cc4)csc3[nH]2)Cc2ccccc21. The number of carbonyl (C=O) groups is 1. The summed E-state index contributed by atoms with van der Waals surface area (Å²) < 4.78 is 0. The van der Waals surface area contributed by atoms with Gasteiger partial charge in [-0.05, 0) is 29.7 Å². The van der Waals surface area contributed by atoms with E-state index in [1.54, 1.807) is 6.07 Å². The summed E-state index contributed by atoms with van der Waals surface area (Å²) in [6, 6.07) is 16.9. The van der Waals surface area contributed by atoms with E-state index in [4.69, 9.17) is 11.6 Å². The molecule has 0 bridgehead atoms. The van der Waals surface area contributed by atoms with Gasteiger partial charge in [0.15, 0.2) is 11.2 Å². The second-order valence-corrected chi connectivity index (χ2v) is 8.45. The Labute approximate surface area is 170 Å². The number of hydrogen-bond donors (Lipinski definition) is 1. The van der Waals surface area contributed by atoms with Gasteiger partial charge in [-0.15, -0.1) is 11.3 Å². The first-order valence-corrected chi connectivity index (χ1v) is 10.4. The number of fused-ring (bicyclic) bond motifs is 2. The third-order valence-corrected chi connectivity index (χ3v) is 6.54. The summed E-state index contributed by atoms with van der Waals surface area (Å²) in [5.74, 6) is 0.140. The zero-order valence-electron chi connectivity index (χ0n) is 14.9. The Kier molecular flexibility index (Phi) is 4.18. The third kappa shape index (κ3) is 2.89. The van der Waals surface area contributed by atoms with Gasteiger partial charge in [0.1, 0.15) is 4.83 Å². The maximum atomic E-state index is 13.0. The molecule has 0 spiro atoms. The van der Waals surface area contributed by atoms with Gasteiger partial charge in [-0.2, -0.15) is 0 Å². The van der Waals surface area contributed by atoms with Crippen LogP contribution in [0.2, 0.25) is 5.02 Å². The number of H-pyrrole nitrogens is 1. The lowest BCUT2D eigenvalue weighted by Crippen LogP contribution is -2.20. The Balaban J connectivity index is 1.57. The molecule has 2 aromatic carbocycles. The molecule has 0 radical (unpaired) electrons. The van der Waals surface area contributed by atoms with E-state index in [-0.39, 0.29) is 17.1 Å². The van der Waals surface area contributed by atoms with Crippen LogP contribution in [0.25, 0.3) is 21.3 Å².